The fourth-order valence-corrected chi connectivity index (χ4v) is 5.90. The van der Waals surface area contributed by atoms with Crippen LogP contribution in [0.4, 0.5) is 4.39 Å². The summed E-state index contributed by atoms with van der Waals surface area (Å²) in [7, 11) is -2.95. The van der Waals surface area contributed by atoms with Crippen LogP contribution in [-0.2, 0) is 16.3 Å². The average Bonchev–Trinajstić information content (AvgIpc) is 2.74. The number of nitrogens with zero attached hydrogens (tertiary/aromatic N) is 1. The molecule has 0 saturated carbocycles. The van der Waals surface area contributed by atoms with Gasteiger partial charge in [0.15, 0.2) is 9.84 Å². The predicted octanol–water partition coefficient (Wildman–Crippen LogP) is 1.45. The summed E-state index contributed by atoms with van der Waals surface area (Å²) < 4.78 is 36.4. The predicted molar refractivity (Wildman–Crippen MR) is 89.4 cm³/mol. The van der Waals surface area contributed by atoms with Crippen LogP contribution in [0.3, 0.4) is 0 Å². The molecule has 2 aliphatic heterocycles. The van der Waals surface area contributed by atoms with Gasteiger partial charge in [-0.1, -0.05) is 12.1 Å². The molecule has 2 saturated heterocycles. The lowest BCUT2D eigenvalue weighted by atomic mass is 9.90. The molecule has 0 bridgehead atoms. The highest BCUT2D eigenvalue weighted by Crippen LogP contribution is 2.24. The number of likely N-dealkylation sites (tertiary alicyclic amines) is 1. The van der Waals surface area contributed by atoms with Crippen molar-refractivity contribution in [3.8, 4) is 0 Å². The third kappa shape index (κ3) is 4.52. The Balaban J connectivity index is 1.55. The van der Waals surface area contributed by atoms with Crippen LogP contribution < -0.4 is 5.73 Å². The van der Waals surface area contributed by atoms with Gasteiger partial charge in [-0.2, -0.15) is 0 Å². The van der Waals surface area contributed by atoms with E-state index in [0.29, 0.717) is 5.92 Å². The summed E-state index contributed by atoms with van der Waals surface area (Å²) >= 11 is 0. The first-order valence-electron chi connectivity index (χ1n) is 8.34. The minimum Gasteiger partial charge on any atom is -0.326 e. The van der Waals surface area contributed by atoms with Crippen LogP contribution in [0.15, 0.2) is 24.3 Å². The lowest BCUT2D eigenvalue weighted by Gasteiger charge is -2.35. The molecule has 3 rings (SSSR count). The van der Waals surface area contributed by atoms with E-state index in [-0.39, 0.29) is 29.3 Å². The summed E-state index contributed by atoms with van der Waals surface area (Å²) in [5, 5.41) is 0. The SMILES string of the molecule is N[C@@H]1CS(=O)(=O)C[C@H]1CN1CCCC(Cc2ccc(F)cc2)C1. The molecule has 0 radical (unpaired) electrons. The van der Waals surface area contributed by atoms with Crippen LogP contribution in [0.25, 0.3) is 0 Å². The van der Waals surface area contributed by atoms with Crippen LogP contribution in [0.2, 0.25) is 0 Å². The van der Waals surface area contributed by atoms with Crippen LogP contribution in [0.1, 0.15) is 18.4 Å². The van der Waals surface area contributed by atoms with Gasteiger partial charge in [-0.05, 0) is 49.4 Å². The first-order valence-corrected chi connectivity index (χ1v) is 10.2. The Kier molecular flexibility index (Phi) is 5.04. The molecule has 0 aliphatic carbocycles. The normalized spacial score (nSPS) is 31.3. The fraction of sp³-hybridized carbons (Fsp3) is 0.647. The van der Waals surface area contributed by atoms with E-state index in [2.05, 4.69) is 4.90 Å². The smallest absolute Gasteiger partial charge is 0.152 e. The second-order valence-electron chi connectivity index (χ2n) is 7.10. The first-order chi connectivity index (χ1) is 10.9. The average molecular weight is 340 g/mol. The zero-order chi connectivity index (χ0) is 16.4. The molecule has 1 aromatic rings. The van der Waals surface area contributed by atoms with E-state index in [1.54, 1.807) is 0 Å². The van der Waals surface area contributed by atoms with Crippen LogP contribution >= 0.6 is 0 Å². The molecule has 4 nitrogen and oxygen atoms in total. The van der Waals surface area contributed by atoms with Crippen molar-refractivity contribution >= 4 is 9.84 Å². The molecule has 0 aromatic heterocycles. The van der Waals surface area contributed by atoms with Crippen LogP contribution in [0.5, 0.6) is 0 Å². The van der Waals surface area contributed by atoms with Crippen molar-refractivity contribution in [3.63, 3.8) is 0 Å². The summed E-state index contributed by atoms with van der Waals surface area (Å²) in [6, 6.07) is 6.51. The van der Waals surface area contributed by atoms with Gasteiger partial charge < -0.3 is 10.6 Å². The Morgan fingerprint density at radius 1 is 1.22 bits per heavy atom. The summed E-state index contributed by atoms with van der Waals surface area (Å²) in [5.74, 6) is 0.765. The van der Waals surface area contributed by atoms with E-state index in [1.165, 1.54) is 24.1 Å². The van der Waals surface area contributed by atoms with Gasteiger partial charge >= 0.3 is 0 Å². The molecule has 0 spiro atoms. The number of benzene rings is 1. The number of piperidine rings is 1. The van der Waals surface area contributed by atoms with Crippen LogP contribution in [0, 0.1) is 17.7 Å². The van der Waals surface area contributed by atoms with Crippen molar-refractivity contribution in [3.05, 3.63) is 35.6 Å². The Hall–Kier alpha value is -0.980. The molecule has 1 unspecified atom stereocenters. The monoisotopic (exact) mass is 340 g/mol. The molecule has 0 amide bonds. The fourth-order valence-electron chi connectivity index (χ4n) is 3.90. The Bertz CT molecular complexity index is 632. The third-order valence-electron chi connectivity index (χ3n) is 5.05. The third-order valence-corrected chi connectivity index (χ3v) is 6.88. The van der Waals surface area contributed by atoms with Crippen LogP contribution in [-0.4, -0.2) is 50.5 Å². The highest BCUT2D eigenvalue weighted by molar-refractivity contribution is 7.91. The molecule has 128 valence electrons. The van der Waals surface area contributed by atoms with Crippen molar-refractivity contribution in [2.75, 3.05) is 31.1 Å². The Morgan fingerprint density at radius 2 is 1.96 bits per heavy atom. The van der Waals surface area contributed by atoms with Crippen molar-refractivity contribution in [2.24, 2.45) is 17.6 Å². The van der Waals surface area contributed by atoms with Gasteiger partial charge in [0.25, 0.3) is 0 Å². The molecular weight excluding hydrogens is 315 g/mol. The van der Waals surface area contributed by atoms with E-state index in [1.807, 2.05) is 12.1 Å². The second-order valence-corrected chi connectivity index (χ2v) is 9.25. The minimum absolute atomic E-state index is 0.0598. The quantitative estimate of drug-likeness (QED) is 0.901. The minimum atomic E-state index is -2.95. The highest BCUT2D eigenvalue weighted by Gasteiger charge is 2.36. The molecule has 2 aliphatic rings. The number of rotatable bonds is 4. The van der Waals surface area contributed by atoms with E-state index < -0.39 is 9.84 Å². The summed E-state index contributed by atoms with van der Waals surface area (Å²) in [5.41, 5.74) is 7.17. The number of hydrogen-bond donors (Lipinski definition) is 1. The zero-order valence-electron chi connectivity index (χ0n) is 13.3. The van der Waals surface area contributed by atoms with Gasteiger partial charge in [0.2, 0.25) is 0 Å². The highest BCUT2D eigenvalue weighted by atomic mass is 32.2. The second kappa shape index (κ2) is 6.87. The summed E-state index contributed by atoms with van der Waals surface area (Å²) in [4.78, 5) is 2.36. The lowest BCUT2D eigenvalue weighted by molar-refractivity contribution is 0.152. The zero-order valence-corrected chi connectivity index (χ0v) is 14.1. The van der Waals surface area contributed by atoms with E-state index in [0.717, 1.165) is 32.5 Å². The van der Waals surface area contributed by atoms with Crippen molar-refractivity contribution in [2.45, 2.75) is 25.3 Å². The van der Waals surface area contributed by atoms with Gasteiger partial charge in [0, 0.05) is 25.0 Å². The Morgan fingerprint density at radius 3 is 2.61 bits per heavy atom. The van der Waals surface area contributed by atoms with E-state index >= 15 is 0 Å². The van der Waals surface area contributed by atoms with Gasteiger partial charge in [-0.3, -0.25) is 0 Å². The molecule has 2 heterocycles. The van der Waals surface area contributed by atoms with Gasteiger partial charge in [0.05, 0.1) is 11.5 Å². The van der Waals surface area contributed by atoms with Crippen molar-refractivity contribution in [1.82, 2.24) is 4.90 Å². The topological polar surface area (TPSA) is 63.4 Å². The van der Waals surface area contributed by atoms with E-state index in [9.17, 15) is 12.8 Å². The van der Waals surface area contributed by atoms with Crippen molar-refractivity contribution in [1.29, 1.82) is 0 Å². The van der Waals surface area contributed by atoms with Crippen molar-refractivity contribution < 1.29 is 12.8 Å². The summed E-state index contributed by atoms with van der Waals surface area (Å²) in [6.07, 6.45) is 3.25. The largest absolute Gasteiger partial charge is 0.326 e. The number of nitrogens with two attached hydrogens (primary N) is 1. The van der Waals surface area contributed by atoms with Gasteiger partial charge in [-0.25, -0.2) is 12.8 Å². The maximum absolute atomic E-state index is 13.0. The lowest BCUT2D eigenvalue weighted by Crippen LogP contribution is -2.43. The maximum Gasteiger partial charge on any atom is 0.152 e. The molecule has 2 N–H and O–H groups in total. The molecule has 23 heavy (non-hydrogen) atoms. The first kappa shape index (κ1) is 16.9. The number of halogens is 1. The maximum atomic E-state index is 13.0. The standard InChI is InChI=1S/C17H25FN2O2S/c18-16-5-3-13(4-6-16)8-14-2-1-7-20(9-14)10-15-11-23(21,22)12-17(15)19/h3-6,14-15,17H,1-2,7-12,19H2/t14?,15-,17-/m1/s1. The van der Waals surface area contributed by atoms with E-state index in [4.69, 9.17) is 5.73 Å². The summed E-state index contributed by atoms with van der Waals surface area (Å²) in [6.45, 7) is 2.77. The molecular formula is C17H25FN2O2S. The van der Waals surface area contributed by atoms with Gasteiger partial charge in [-0.15, -0.1) is 0 Å². The molecule has 2 fully saturated rings. The Labute approximate surface area is 137 Å². The van der Waals surface area contributed by atoms with Gasteiger partial charge in [0.1, 0.15) is 5.82 Å². The molecule has 1 aromatic carbocycles. The molecule has 6 heteroatoms. The number of hydrogen-bond acceptors (Lipinski definition) is 4. The molecule has 3 atom stereocenters. The number of sulfone groups is 1.